The molecule has 1 unspecified atom stereocenters. The summed E-state index contributed by atoms with van der Waals surface area (Å²) in [7, 11) is 1.72. The summed E-state index contributed by atoms with van der Waals surface area (Å²) < 4.78 is 11.1. The van der Waals surface area contributed by atoms with Gasteiger partial charge in [-0.2, -0.15) is 0 Å². The average molecular weight is 545 g/mol. The third-order valence-electron chi connectivity index (χ3n) is 5.92. The Bertz CT molecular complexity index is 1160. The van der Waals surface area contributed by atoms with Gasteiger partial charge in [0.25, 0.3) is 5.91 Å². The molecule has 0 radical (unpaired) electrons. The Morgan fingerprint density at radius 3 is 2.36 bits per heavy atom. The number of fused-ring (bicyclic) bond motifs is 3. The second-order valence-corrected chi connectivity index (χ2v) is 11.4. The van der Waals surface area contributed by atoms with Crippen molar-refractivity contribution >= 4 is 39.9 Å². The number of para-hydroxylation sites is 1. The highest BCUT2D eigenvalue weighted by Gasteiger charge is 2.35. The van der Waals surface area contributed by atoms with E-state index in [-0.39, 0.29) is 45.3 Å². The van der Waals surface area contributed by atoms with Gasteiger partial charge < -0.3 is 24.8 Å². The van der Waals surface area contributed by atoms with E-state index in [0.29, 0.717) is 43.2 Å². The maximum absolute atomic E-state index is 12.8. The van der Waals surface area contributed by atoms with Crippen LogP contribution in [0.3, 0.4) is 0 Å². The van der Waals surface area contributed by atoms with E-state index in [1.807, 2.05) is 31.2 Å². The molecule has 2 aromatic rings. The molecule has 2 heterocycles. The van der Waals surface area contributed by atoms with E-state index in [0.717, 1.165) is 16.7 Å². The Morgan fingerprint density at radius 1 is 1.08 bits per heavy atom. The number of likely N-dealkylation sites (N-methyl/N-ethyl adjacent to an activating group) is 1. The van der Waals surface area contributed by atoms with E-state index in [9.17, 15) is 14.7 Å². The van der Waals surface area contributed by atoms with Crippen molar-refractivity contribution in [3.05, 3.63) is 29.8 Å². The van der Waals surface area contributed by atoms with Crippen LogP contribution in [0, 0.1) is 5.41 Å². The lowest BCUT2D eigenvalue weighted by molar-refractivity contribution is -0.137. The summed E-state index contributed by atoms with van der Waals surface area (Å²) in [5, 5.41) is 14.4. The first-order chi connectivity index (χ1) is 17.3. The summed E-state index contributed by atoms with van der Waals surface area (Å²) in [6, 6.07) is 7.68. The van der Waals surface area contributed by atoms with Crippen molar-refractivity contribution in [2.45, 2.75) is 74.3 Å². The summed E-state index contributed by atoms with van der Waals surface area (Å²) in [6.07, 6.45) is 0.445. The lowest BCUT2D eigenvalue weighted by atomic mass is 9.84. The van der Waals surface area contributed by atoms with Gasteiger partial charge in [0.1, 0.15) is 18.9 Å². The number of ether oxygens (including phenoxy) is 2. The van der Waals surface area contributed by atoms with Crippen molar-refractivity contribution in [1.29, 1.82) is 0 Å². The van der Waals surface area contributed by atoms with Crippen molar-refractivity contribution in [2.75, 3.05) is 45.3 Å². The highest BCUT2D eigenvalue weighted by molar-refractivity contribution is 6.08. The second-order valence-electron chi connectivity index (χ2n) is 11.4. The molecule has 0 fully saturated rings. The number of aromatic nitrogens is 1. The van der Waals surface area contributed by atoms with Gasteiger partial charge in [0.05, 0.1) is 23.4 Å². The number of hydrogen-bond acceptors (Lipinski definition) is 7. The van der Waals surface area contributed by atoms with E-state index < -0.39 is 11.5 Å². The fourth-order valence-corrected chi connectivity index (χ4v) is 4.54. The molecule has 0 aliphatic carbocycles. The monoisotopic (exact) mass is 544 g/mol. The smallest absolute Gasteiger partial charge is 0.251 e. The molecule has 1 aromatic heterocycles. The third kappa shape index (κ3) is 9.37. The summed E-state index contributed by atoms with van der Waals surface area (Å²) in [6.45, 7) is 12.6. The highest BCUT2D eigenvalue weighted by atomic mass is 16.5. The molecule has 9 nitrogen and oxygen atoms in total. The van der Waals surface area contributed by atoms with Crippen LogP contribution in [-0.4, -0.2) is 78.1 Å². The molecule has 9 heteroatoms. The van der Waals surface area contributed by atoms with Gasteiger partial charge in [0, 0.05) is 31.5 Å². The molecule has 1 aromatic carbocycles. The Kier molecular flexibility index (Phi) is 12.2. The summed E-state index contributed by atoms with van der Waals surface area (Å²) >= 11 is 0. The SMILES string of the molecule is C.C.CCOCC1=Nc2c(NC(=O)COCC(=O)N(C)CC(C)(C)C)nc3ccccc3c2C1CC(C)(C)O. The van der Waals surface area contributed by atoms with E-state index in [4.69, 9.17) is 14.5 Å². The number of carbonyl (C=O) groups excluding carboxylic acids is 2. The number of amides is 2. The minimum Gasteiger partial charge on any atom is -0.390 e. The maximum Gasteiger partial charge on any atom is 0.251 e. The third-order valence-corrected chi connectivity index (χ3v) is 5.92. The number of anilines is 1. The van der Waals surface area contributed by atoms with Crippen LogP contribution in [0.5, 0.6) is 0 Å². The van der Waals surface area contributed by atoms with Crippen LogP contribution in [0.25, 0.3) is 10.9 Å². The van der Waals surface area contributed by atoms with Crippen molar-refractivity contribution < 1.29 is 24.2 Å². The van der Waals surface area contributed by atoms with Crippen molar-refractivity contribution in [3.8, 4) is 0 Å². The van der Waals surface area contributed by atoms with Crippen molar-refractivity contribution in [1.82, 2.24) is 9.88 Å². The fourth-order valence-electron chi connectivity index (χ4n) is 4.54. The molecule has 2 N–H and O–H groups in total. The number of aliphatic imine (C=N–C) groups is 1. The first kappa shape index (κ1) is 34.1. The van der Waals surface area contributed by atoms with Crippen LogP contribution in [0.2, 0.25) is 0 Å². The molecular formula is C30H48N4O5. The predicted octanol–water partition coefficient (Wildman–Crippen LogP) is 5.33. The molecule has 39 heavy (non-hydrogen) atoms. The van der Waals surface area contributed by atoms with Gasteiger partial charge in [-0.3, -0.25) is 14.6 Å². The molecule has 1 aliphatic rings. The van der Waals surface area contributed by atoms with Gasteiger partial charge in [-0.15, -0.1) is 0 Å². The molecule has 0 bridgehead atoms. The minimum absolute atomic E-state index is 0. The Labute approximate surface area is 234 Å². The van der Waals surface area contributed by atoms with Gasteiger partial charge in [-0.05, 0) is 44.2 Å². The molecule has 0 saturated carbocycles. The van der Waals surface area contributed by atoms with E-state index in [2.05, 4.69) is 31.1 Å². The van der Waals surface area contributed by atoms with Crippen LogP contribution >= 0.6 is 0 Å². The van der Waals surface area contributed by atoms with Crippen LogP contribution in [-0.2, 0) is 19.1 Å². The summed E-state index contributed by atoms with van der Waals surface area (Å²) in [5.74, 6) is -0.473. The number of aliphatic hydroxyl groups is 1. The number of rotatable bonds is 11. The Hall–Kier alpha value is -2.88. The summed E-state index contributed by atoms with van der Waals surface area (Å²) in [4.78, 5) is 36.2. The molecule has 218 valence electrons. The Morgan fingerprint density at radius 2 is 1.74 bits per heavy atom. The van der Waals surface area contributed by atoms with Gasteiger partial charge in [-0.1, -0.05) is 53.8 Å². The van der Waals surface area contributed by atoms with Gasteiger partial charge in [0.15, 0.2) is 5.82 Å². The van der Waals surface area contributed by atoms with Gasteiger partial charge in [0.2, 0.25) is 5.91 Å². The molecule has 0 saturated heterocycles. The highest BCUT2D eigenvalue weighted by Crippen LogP contribution is 2.47. The first-order valence-corrected chi connectivity index (χ1v) is 12.7. The second kappa shape index (κ2) is 14.0. The van der Waals surface area contributed by atoms with Gasteiger partial charge >= 0.3 is 0 Å². The normalized spacial score (nSPS) is 14.7. The number of pyridine rings is 1. The van der Waals surface area contributed by atoms with Crippen LogP contribution in [0.1, 0.15) is 74.3 Å². The molecule has 2 amide bonds. The lowest BCUT2D eigenvalue weighted by Gasteiger charge is -2.26. The zero-order valence-corrected chi connectivity index (χ0v) is 23.1. The zero-order valence-electron chi connectivity index (χ0n) is 23.1. The van der Waals surface area contributed by atoms with Crippen molar-refractivity contribution in [3.63, 3.8) is 0 Å². The van der Waals surface area contributed by atoms with Crippen LogP contribution in [0.15, 0.2) is 29.3 Å². The fraction of sp³-hybridized carbons (Fsp3) is 0.600. The number of carbonyl (C=O) groups is 2. The predicted molar refractivity (Wildman–Crippen MR) is 159 cm³/mol. The molecule has 1 atom stereocenters. The Balaban J connectivity index is 0.00000380. The first-order valence-electron chi connectivity index (χ1n) is 12.7. The van der Waals surface area contributed by atoms with Crippen LogP contribution in [0.4, 0.5) is 11.5 Å². The van der Waals surface area contributed by atoms with Crippen molar-refractivity contribution in [2.24, 2.45) is 10.4 Å². The molecule has 0 spiro atoms. The van der Waals surface area contributed by atoms with Gasteiger partial charge in [-0.25, -0.2) is 4.98 Å². The summed E-state index contributed by atoms with van der Waals surface area (Å²) in [5.41, 5.74) is 2.01. The molecular weight excluding hydrogens is 496 g/mol. The molecule has 1 aliphatic heterocycles. The number of nitrogens with one attached hydrogen (secondary N) is 1. The van der Waals surface area contributed by atoms with Crippen LogP contribution < -0.4 is 5.32 Å². The van der Waals surface area contributed by atoms with E-state index in [1.54, 1.807) is 25.8 Å². The maximum atomic E-state index is 12.8. The average Bonchev–Trinajstić information content (AvgIpc) is 3.13. The standard InChI is InChI=1S/C28H40N4O5.2CH4/c1-8-36-14-21-19(13-28(5,6)35)24-18-11-9-10-12-20(18)30-26(25(24)29-21)31-22(33)15-37-16-23(34)32(7)17-27(2,3)4;;/h9-12,19,35H,8,13-17H2,1-7H3,(H,30,31,33);2*1H4. The number of benzene rings is 1. The lowest BCUT2D eigenvalue weighted by Crippen LogP contribution is -2.37. The number of hydrogen-bond donors (Lipinski definition) is 2. The largest absolute Gasteiger partial charge is 0.390 e. The topological polar surface area (TPSA) is 113 Å². The zero-order chi connectivity index (χ0) is 27.4. The number of nitrogens with zero attached hydrogens (tertiary/aromatic N) is 3. The van der Waals surface area contributed by atoms with E-state index in [1.165, 1.54) is 0 Å². The molecule has 3 rings (SSSR count). The quantitative estimate of drug-likeness (QED) is 0.395. The minimum atomic E-state index is -0.937. The van der Waals surface area contributed by atoms with E-state index >= 15 is 0 Å².